The summed E-state index contributed by atoms with van der Waals surface area (Å²) in [5.74, 6) is 0.137. The zero-order valence-electron chi connectivity index (χ0n) is 17.7. The summed E-state index contributed by atoms with van der Waals surface area (Å²) >= 11 is 0. The second-order valence-electron chi connectivity index (χ2n) is 7.38. The molecule has 0 fully saturated rings. The number of nitrogens with one attached hydrogen (secondary N) is 1. The molecule has 3 aromatic carbocycles. The largest absolute Gasteiger partial charge is 0.436 e. The summed E-state index contributed by atoms with van der Waals surface area (Å²) in [5.41, 5.74) is 5.50. The zero-order valence-corrected chi connectivity index (χ0v) is 17.7. The minimum atomic E-state index is -0.471. The van der Waals surface area contributed by atoms with E-state index in [9.17, 15) is 14.9 Å². The fourth-order valence-corrected chi connectivity index (χ4v) is 3.29. The number of rotatable bonds is 6. The van der Waals surface area contributed by atoms with Crippen molar-refractivity contribution in [3.05, 3.63) is 93.5 Å². The normalized spacial score (nSPS) is 11.2. The van der Waals surface area contributed by atoms with Gasteiger partial charge in [0.1, 0.15) is 5.52 Å². The Morgan fingerprint density at radius 1 is 1.16 bits per heavy atom. The lowest BCUT2D eigenvalue weighted by atomic mass is 10.1. The number of carbonyl (C=O) groups excluding carboxylic acids is 1. The van der Waals surface area contributed by atoms with E-state index >= 15 is 0 Å². The Kier molecular flexibility index (Phi) is 5.81. The SMILES string of the molecule is CCc1ccc2oc(-c3ccc(C)c(NC(=O)C=Cc4cccc([N+](=O)[O-])c4)c3)nc2c1. The van der Waals surface area contributed by atoms with Gasteiger partial charge in [0, 0.05) is 29.5 Å². The van der Waals surface area contributed by atoms with Crippen LogP contribution in [-0.4, -0.2) is 15.8 Å². The average Bonchev–Trinajstić information content (AvgIpc) is 3.22. The van der Waals surface area contributed by atoms with Gasteiger partial charge in [-0.1, -0.05) is 31.2 Å². The summed E-state index contributed by atoms with van der Waals surface area (Å²) in [6.07, 6.45) is 3.80. The molecule has 0 saturated heterocycles. The van der Waals surface area contributed by atoms with Crippen molar-refractivity contribution in [1.29, 1.82) is 0 Å². The number of aromatic nitrogens is 1. The number of non-ortho nitro benzene ring substituents is 1. The van der Waals surface area contributed by atoms with E-state index in [4.69, 9.17) is 4.42 Å². The Morgan fingerprint density at radius 3 is 2.78 bits per heavy atom. The first kappa shape index (κ1) is 21.0. The molecule has 0 radical (unpaired) electrons. The highest BCUT2D eigenvalue weighted by atomic mass is 16.6. The quantitative estimate of drug-likeness (QED) is 0.234. The van der Waals surface area contributed by atoms with Crippen molar-refractivity contribution in [3.8, 4) is 11.5 Å². The number of nitrogens with zero attached hydrogens (tertiary/aromatic N) is 2. The van der Waals surface area contributed by atoms with Gasteiger partial charge in [-0.05, 0) is 60.4 Å². The van der Waals surface area contributed by atoms with Gasteiger partial charge in [0.2, 0.25) is 11.8 Å². The lowest BCUT2D eigenvalue weighted by Gasteiger charge is -2.08. The summed E-state index contributed by atoms with van der Waals surface area (Å²) in [6.45, 7) is 3.98. The van der Waals surface area contributed by atoms with Crippen molar-refractivity contribution in [3.63, 3.8) is 0 Å². The molecule has 32 heavy (non-hydrogen) atoms. The van der Waals surface area contributed by atoms with Crippen LogP contribution in [0.25, 0.3) is 28.6 Å². The highest BCUT2D eigenvalue weighted by Gasteiger charge is 2.11. The van der Waals surface area contributed by atoms with Gasteiger partial charge in [0.05, 0.1) is 4.92 Å². The molecule has 0 unspecified atom stereocenters. The molecule has 0 bridgehead atoms. The van der Waals surface area contributed by atoms with E-state index in [1.807, 2.05) is 43.3 Å². The van der Waals surface area contributed by atoms with Crippen LogP contribution in [0, 0.1) is 17.0 Å². The number of oxazole rings is 1. The first-order chi connectivity index (χ1) is 15.4. The number of carbonyl (C=O) groups is 1. The van der Waals surface area contributed by atoms with Crippen LogP contribution in [0.2, 0.25) is 0 Å². The van der Waals surface area contributed by atoms with Crippen molar-refractivity contribution in [1.82, 2.24) is 4.98 Å². The molecule has 0 aliphatic heterocycles. The fraction of sp³-hybridized carbons (Fsp3) is 0.120. The van der Waals surface area contributed by atoms with Crippen LogP contribution in [0.1, 0.15) is 23.6 Å². The van der Waals surface area contributed by atoms with Crippen molar-refractivity contribution < 1.29 is 14.1 Å². The highest BCUT2D eigenvalue weighted by Crippen LogP contribution is 2.28. The minimum absolute atomic E-state index is 0.0273. The molecule has 0 atom stereocenters. The van der Waals surface area contributed by atoms with E-state index in [1.54, 1.807) is 12.1 Å². The molecular formula is C25H21N3O4. The summed E-state index contributed by atoms with van der Waals surface area (Å²) in [5, 5.41) is 13.7. The van der Waals surface area contributed by atoms with Crippen LogP contribution in [0.4, 0.5) is 11.4 Å². The summed E-state index contributed by atoms with van der Waals surface area (Å²) < 4.78 is 5.90. The monoisotopic (exact) mass is 427 g/mol. The van der Waals surface area contributed by atoms with Gasteiger partial charge in [-0.3, -0.25) is 14.9 Å². The number of hydrogen-bond donors (Lipinski definition) is 1. The van der Waals surface area contributed by atoms with E-state index < -0.39 is 4.92 Å². The lowest BCUT2D eigenvalue weighted by Crippen LogP contribution is -2.09. The zero-order chi connectivity index (χ0) is 22.7. The fourth-order valence-electron chi connectivity index (χ4n) is 3.29. The van der Waals surface area contributed by atoms with Crippen molar-refractivity contribution in [2.45, 2.75) is 20.3 Å². The standard InChI is InChI=1S/C25H21N3O4/c1-3-17-8-11-23-22(14-17)27-25(32-23)19-10-7-16(2)21(15-19)26-24(29)12-9-18-5-4-6-20(13-18)28(30)31/h4-15H,3H2,1-2H3,(H,26,29). The van der Waals surface area contributed by atoms with E-state index in [-0.39, 0.29) is 11.6 Å². The van der Waals surface area contributed by atoms with Crippen LogP contribution < -0.4 is 5.32 Å². The molecule has 4 aromatic rings. The predicted molar refractivity (Wildman–Crippen MR) is 124 cm³/mol. The van der Waals surface area contributed by atoms with Crippen LogP contribution in [0.3, 0.4) is 0 Å². The van der Waals surface area contributed by atoms with Crippen LogP contribution >= 0.6 is 0 Å². The molecule has 160 valence electrons. The number of amides is 1. The maximum absolute atomic E-state index is 12.4. The average molecular weight is 427 g/mol. The third-order valence-corrected chi connectivity index (χ3v) is 5.11. The number of fused-ring (bicyclic) bond motifs is 1. The highest BCUT2D eigenvalue weighted by molar-refractivity contribution is 6.02. The summed E-state index contributed by atoms with van der Waals surface area (Å²) in [6, 6.07) is 17.6. The van der Waals surface area contributed by atoms with Gasteiger partial charge in [-0.15, -0.1) is 0 Å². The number of benzene rings is 3. The predicted octanol–water partition coefficient (Wildman–Crippen LogP) is 5.93. The Balaban J connectivity index is 1.54. The van der Waals surface area contributed by atoms with Crippen LogP contribution in [0.15, 0.2) is 71.2 Å². The molecule has 0 spiro atoms. The van der Waals surface area contributed by atoms with Gasteiger partial charge in [-0.25, -0.2) is 4.98 Å². The molecule has 0 saturated carbocycles. The van der Waals surface area contributed by atoms with Crippen LogP contribution in [-0.2, 0) is 11.2 Å². The Hall–Kier alpha value is -4.26. The smallest absolute Gasteiger partial charge is 0.270 e. The molecule has 0 aliphatic rings. The molecule has 1 N–H and O–H groups in total. The van der Waals surface area contributed by atoms with E-state index in [2.05, 4.69) is 17.2 Å². The maximum atomic E-state index is 12.4. The third kappa shape index (κ3) is 4.57. The molecular weight excluding hydrogens is 406 g/mol. The van der Waals surface area contributed by atoms with Gasteiger partial charge in [-0.2, -0.15) is 0 Å². The van der Waals surface area contributed by atoms with Crippen molar-refractivity contribution >= 4 is 34.5 Å². The molecule has 0 aliphatic carbocycles. The topological polar surface area (TPSA) is 98.3 Å². The second kappa shape index (κ2) is 8.85. The van der Waals surface area contributed by atoms with Crippen LogP contribution in [0.5, 0.6) is 0 Å². The second-order valence-corrected chi connectivity index (χ2v) is 7.38. The third-order valence-electron chi connectivity index (χ3n) is 5.11. The summed E-state index contributed by atoms with van der Waals surface area (Å²) in [7, 11) is 0. The number of hydrogen-bond acceptors (Lipinski definition) is 5. The number of nitro benzene ring substituents is 1. The number of aryl methyl sites for hydroxylation is 2. The van der Waals surface area contributed by atoms with E-state index in [0.717, 1.165) is 23.1 Å². The molecule has 7 heteroatoms. The molecule has 1 aromatic heterocycles. The maximum Gasteiger partial charge on any atom is 0.270 e. The van der Waals surface area contributed by atoms with Crippen molar-refractivity contribution in [2.75, 3.05) is 5.32 Å². The van der Waals surface area contributed by atoms with Gasteiger partial charge in [0.25, 0.3) is 5.69 Å². The van der Waals surface area contributed by atoms with Gasteiger partial charge < -0.3 is 9.73 Å². The van der Waals surface area contributed by atoms with Gasteiger partial charge in [0.15, 0.2) is 5.58 Å². The van der Waals surface area contributed by atoms with E-state index in [0.29, 0.717) is 22.7 Å². The first-order valence-corrected chi connectivity index (χ1v) is 10.2. The molecule has 4 rings (SSSR count). The molecule has 1 amide bonds. The Bertz CT molecular complexity index is 1350. The Labute approximate surface area is 184 Å². The van der Waals surface area contributed by atoms with Gasteiger partial charge >= 0.3 is 0 Å². The number of anilines is 1. The van der Waals surface area contributed by atoms with Crippen molar-refractivity contribution in [2.24, 2.45) is 0 Å². The molecule has 7 nitrogen and oxygen atoms in total. The number of nitro groups is 1. The summed E-state index contributed by atoms with van der Waals surface area (Å²) in [4.78, 5) is 27.5. The first-order valence-electron chi connectivity index (χ1n) is 10.2. The molecule has 1 heterocycles. The Morgan fingerprint density at radius 2 is 2.00 bits per heavy atom. The minimum Gasteiger partial charge on any atom is -0.436 e. The van der Waals surface area contributed by atoms with E-state index in [1.165, 1.54) is 29.8 Å². The lowest BCUT2D eigenvalue weighted by molar-refractivity contribution is -0.384.